The van der Waals surface area contributed by atoms with Gasteiger partial charge in [-0.3, -0.25) is 9.36 Å². The van der Waals surface area contributed by atoms with Gasteiger partial charge in [-0.25, -0.2) is 4.98 Å². The van der Waals surface area contributed by atoms with Crippen LogP contribution in [-0.2, 0) is 0 Å². The Labute approximate surface area is 103 Å². The van der Waals surface area contributed by atoms with Gasteiger partial charge in [-0.1, -0.05) is 24.3 Å². The maximum Gasteiger partial charge on any atom is 0.265 e. The van der Waals surface area contributed by atoms with Crippen molar-refractivity contribution in [2.75, 3.05) is 5.73 Å². The fraction of sp³-hybridized carbons (Fsp3) is 0. The highest BCUT2D eigenvalue weighted by atomic mass is 16.1. The summed E-state index contributed by atoms with van der Waals surface area (Å²) >= 11 is 0. The first-order chi connectivity index (χ1) is 8.77. The number of para-hydroxylation sites is 2. The minimum atomic E-state index is -0.112. The number of anilines is 1. The molecule has 0 spiro atoms. The van der Waals surface area contributed by atoms with E-state index in [2.05, 4.69) is 4.98 Å². The zero-order chi connectivity index (χ0) is 12.5. The number of fused-ring (bicyclic) bond motifs is 1. The van der Waals surface area contributed by atoms with E-state index in [-0.39, 0.29) is 5.56 Å². The molecule has 1 aromatic heterocycles. The molecule has 0 aliphatic rings. The number of aromatic nitrogens is 2. The molecule has 4 nitrogen and oxygen atoms in total. The Morgan fingerprint density at radius 1 is 1.00 bits per heavy atom. The first-order valence-corrected chi connectivity index (χ1v) is 5.58. The topological polar surface area (TPSA) is 60.9 Å². The molecule has 0 unspecified atom stereocenters. The van der Waals surface area contributed by atoms with E-state index in [1.165, 1.54) is 10.9 Å². The SMILES string of the molecule is Nc1cccc2c(=O)n(-c3ccccc3)cnc12. The molecule has 0 aliphatic heterocycles. The van der Waals surface area contributed by atoms with Crippen molar-refractivity contribution in [3.05, 3.63) is 65.2 Å². The molecule has 3 rings (SSSR count). The molecule has 2 aromatic carbocycles. The lowest BCUT2D eigenvalue weighted by Crippen LogP contribution is -2.19. The number of hydrogen-bond acceptors (Lipinski definition) is 3. The number of benzene rings is 2. The molecule has 88 valence electrons. The maximum absolute atomic E-state index is 12.3. The molecule has 4 heteroatoms. The Morgan fingerprint density at radius 2 is 1.78 bits per heavy atom. The first kappa shape index (κ1) is 10.5. The molecule has 0 aliphatic carbocycles. The Hall–Kier alpha value is -2.62. The summed E-state index contributed by atoms with van der Waals surface area (Å²) in [5.74, 6) is 0. The lowest BCUT2D eigenvalue weighted by atomic mass is 10.2. The van der Waals surface area contributed by atoms with Crippen LogP contribution in [-0.4, -0.2) is 9.55 Å². The van der Waals surface area contributed by atoms with Crippen LogP contribution in [0, 0.1) is 0 Å². The average molecular weight is 237 g/mol. The second kappa shape index (κ2) is 4.00. The summed E-state index contributed by atoms with van der Waals surface area (Å²) in [6, 6.07) is 14.6. The number of rotatable bonds is 1. The van der Waals surface area contributed by atoms with E-state index in [1.807, 2.05) is 30.3 Å². The van der Waals surface area contributed by atoms with Crippen LogP contribution in [0.15, 0.2) is 59.7 Å². The van der Waals surface area contributed by atoms with E-state index in [4.69, 9.17) is 5.73 Å². The fourth-order valence-electron chi connectivity index (χ4n) is 1.95. The molecular formula is C14H11N3O. The van der Waals surface area contributed by atoms with Gasteiger partial charge in [0.2, 0.25) is 0 Å². The Kier molecular flexibility index (Phi) is 2.34. The van der Waals surface area contributed by atoms with Crippen molar-refractivity contribution in [3.63, 3.8) is 0 Å². The van der Waals surface area contributed by atoms with E-state index in [0.29, 0.717) is 16.6 Å². The third-order valence-corrected chi connectivity index (χ3v) is 2.85. The average Bonchev–Trinajstić information content (AvgIpc) is 2.41. The van der Waals surface area contributed by atoms with Gasteiger partial charge < -0.3 is 5.73 Å². The van der Waals surface area contributed by atoms with Crippen LogP contribution in [0.4, 0.5) is 5.69 Å². The Morgan fingerprint density at radius 3 is 2.56 bits per heavy atom. The van der Waals surface area contributed by atoms with Gasteiger partial charge in [-0.15, -0.1) is 0 Å². The second-order valence-corrected chi connectivity index (χ2v) is 4.00. The van der Waals surface area contributed by atoms with Gasteiger partial charge in [0, 0.05) is 0 Å². The van der Waals surface area contributed by atoms with Gasteiger partial charge in [0.15, 0.2) is 0 Å². The first-order valence-electron chi connectivity index (χ1n) is 5.58. The molecule has 18 heavy (non-hydrogen) atoms. The van der Waals surface area contributed by atoms with Crippen molar-refractivity contribution in [2.45, 2.75) is 0 Å². The second-order valence-electron chi connectivity index (χ2n) is 4.00. The molecule has 0 fully saturated rings. The zero-order valence-corrected chi connectivity index (χ0v) is 9.58. The largest absolute Gasteiger partial charge is 0.397 e. The summed E-state index contributed by atoms with van der Waals surface area (Å²) in [7, 11) is 0. The van der Waals surface area contributed by atoms with E-state index in [0.717, 1.165) is 5.69 Å². The Bertz CT molecular complexity index is 763. The molecule has 0 radical (unpaired) electrons. The summed E-state index contributed by atoms with van der Waals surface area (Å²) in [5, 5.41) is 0.529. The minimum Gasteiger partial charge on any atom is -0.397 e. The Balaban J connectivity index is 2.35. The van der Waals surface area contributed by atoms with Crippen LogP contribution < -0.4 is 11.3 Å². The fourth-order valence-corrected chi connectivity index (χ4v) is 1.95. The maximum atomic E-state index is 12.3. The van der Waals surface area contributed by atoms with Crippen molar-refractivity contribution in [3.8, 4) is 5.69 Å². The summed E-state index contributed by atoms with van der Waals surface area (Å²) in [5.41, 5.74) is 7.55. The summed E-state index contributed by atoms with van der Waals surface area (Å²) in [4.78, 5) is 16.6. The predicted octanol–water partition coefficient (Wildman–Crippen LogP) is 1.97. The van der Waals surface area contributed by atoms with Crippen molar-refractivity contribution in [1.29, 1.82) is 0 Å². The third-order valence-electron chi connectivity index (χ3n) is 2.85. The molecule has 2 N–H and O–H groups in total. The van der Waals surface area contributed by atoms with Crippen molar-refractivity contribution in [2.24, 2.45) is 0 Å². The molecule has 3 aromatic rings. The lowest BCUT2D eigenvalue weighted by molar-refractivity contribution is 0.963. The summed E-state index contributed by atoms with van der Waals surface area (Å²) in [6.07, 6.45) is 1.51. The molecule has 0 saturated carbocycles. The summed E-state index contributed by atoms with van der Waals surface area (Å²) in [6.45, 7) is 0. The van der Waals surface area contributed by atoms with Gasteiger partial charge >= 0.3 is 0 Å². The molecule has 1 heterocycles. The van der Waals surface area contributed by atoms with Gasteiger partial charge in [0.25, 0.3) is 5.56 Å². The molecule has 0 atom stereocenters. The van der Waals surface area contributed by atoms with E-state index in [9.17, 15) is 4.79 Å². The van der Waals surface area contributed by atoms with Crippen LogP contribution in [0.1, 0.15) is 0 Å². The number of hydrogen-bond donors (Lipinski definition) is 1. The van der Waals surface area contributed by atoms with Crippen molar-refractivity contribution < 1.29 is 0 Å². The highest BCUT2D eigenvalue weighted by Gasteiger charge is 2.06. The number of nitrogens with zero attached hydrogens (tertiary/aromatic N) is 2. The minimum absolute atomic E-state index is 0.112. The third kappa shape index (κ3) is 1.55. The van der Waals surface area contributed by atoms with Gasteiger partial charge in [0.1, 0.15) is 11.8 Å². The number of nitrogens with two attached hydrogens (primary N) is 1. The van der Waals surface area contributed by atoms with Crippen LogP contribution >= 0.6 is 0 Å². The quantitative estimate of drug-likeness (QED) is 0.658. The van der Waals surface area contributed by atoms with Crippen LogP contribution in [0.3, 0.4) is 0 Å². The highest BCUT2D eigenvalue weighted by molar-refractivity contribution is 5.88. The van der Waals surface area contributed by atoms with E-state index < -0.39 is 0 Å². The van der Waals surface area contributed by atoms with Gasteiger partial charge in [-0.05, 0) is 24.3 Å². The van der Waals surface area contributed by atoms with Crippen LogP contribution in [0.5, 0.6) is 0 Å². The summed E-state index contributed by atoms with van der Waals surface area (Å²) < 4.78 is 1.52. The molecule has 0 saturated heterocycles. The lowest BCUT2D eigenvalue weighted by Gasteiger charge is -2.07. The standard InChI is InChI=1S/C14H11N3O/c15-12-8-4-7-11-13(12)16-9-17(14(11)18)10-5-2-1-3-6-10/h1-9H,15H2. The van der Waals surface area contributed by atoms with Crippen molar-refractivity contribution in [1.82, 2.24) is 9.55 Å². The number of nitrogen functional groups attached to an aromatic ring is 1. The van der Waals surface area contributed by atoms with Crippen molar-refractivity contribution >= 4 is 16.6 Å². The van der Waals surface area contributed by atoms with Gasteiger partial charge in [-0.2, -0.15) is 0 Å². The van der Waals surface area contributed by atoms with Crippen LogP contribution in [0.25, 0.3) is 16.6 Å². The van der Waals surface area contributed by atoms with E-state index >= 15 is 0 Å². The molecule has 0 amide bonds. The van der Waals surface area contributed by atoms with E-state index in [1.54, 1.807) is 18.2 Å². The zero-order valence-electron chi connectivity index (χ0n) is 9.58. The molecular weight excluding hydrogens is 226 g/mol. The van der Waals surface area contributed by atoms with Crippen LogP contribution in [0.2, 0.25) is 0 Å². The monoisotopic (exact) mass is 237 g/mol. The van der Waals surface area contributed by atoms with Gasteiger partial charge in [0.05, 0.1) is 16.8 Å². The smallest absolute Gasteiger partial charge is 0.265 e. The normalized spacial score (nSPS) is 10.7. The highest BCUT2D eigenvalue weighted by Crippen LogP contribution is 2.15. The molecule has 0 bridgehead atoms. The predicted molar refractivity (Wildman–Crippen MR) is 71.8 cm³/mol.